The smallest absolute Gasteiger partial charge is 0.407 e. The number of carbonyl (C=O) groups is 5. The van der Waals surface area contributed by atoms with Gasteiger partial charge in [0.25, 0.3) is 7.52 Å². The maximum absolute atomic E-state index is 13.3. The molecule has 2 aromatic carbocycles. The van der Waals surface area contributed by atoms with Gasteiger partial charge in [0, 0.05) is 61.0 Å². The number of benzene rings is 2. The summed E-state index contributed by atoms with van der Waals surface area (Å²) in [4.78, 5) is 101. The molecule has 0 saturated carbocycles. The highest BCUT2D eigenvalue weighted by molar-refractivity contribution is 7.55. The normalized spacial score (nSPS) is 30.4. The van der Waals surface area contributed by atoms with E-state index >= 15 is 0 Å². The lowest BCUT2D eigenvalue weighted by Crippen LogP contribution is -2.47. The number of epoxide rings is 2. The van der Waals surface area contributed by atoms with Gasteiger partial charge in [0.2, 0.25) is 5.91 Å². The summed E-state index contributed by atoms with van der Waals surface area (Å²) in [7, 11) is -7.64. The van der Waals surface area contributed by atoms with Gasteiger partial charge >= 0.3 is 19.7 Å². The Morgan fingerprint density at radius 3 is 1.71 bits per heavy atom. The molecular formula is C73H109N7O18P2S2. The van der Waals surface area contributed by atoms with E-state index in [1.54, 1.807) is 41.5 Å². The summed E-state index contributed by atoms with van der Waals surface area (Å²) in [6.07, 6.45) is 2.96. The van der Waals surface area contributed by atoms with Crippen LogP contribution >= 0.6 is 37.8 Å². The number of hydrogen-bond acceptors (Lipinski definition) is 21. The number of fused-ring (bicyclic) bond motifs is 5. The van der Waals surface area contributed by atoms with Crippen molar-refractivity contribution >= 4 is 79.5 Å². The molecule has 9 rings (SSSR count). The molecule has 29 heteroatoms. The number of ether oxygens (including phenoxy) is 4. The predicted molar refractivity (Wildman–Crippen MR) is 393 cm³/mol. The standard InChI is InChI=1S/C29H48N3O8PS.C27H43N3O5S.C17H18NO5P/c1-17-8-7-9-29(6)23(40-29)13-21(39-25(34)14-22(33)28(4,5)27(36)19(3)26(17)35)18(2)12-20-16-42-24(32-20)15-31-41(37,38)11-10-30;1-15-8-7-9-27(6)21(35-27)11-19(16(2)10-18-14-36-23(13-28)29-18)30-22(32)12-20(31)26(4,5)25(34)17(3)24(15)33;19-17(18-9-10-24(20,21)22)23-11-16-14-7-3-1-5-12(14)13-6-2-4-8-15(13)16/h12,16-17,19,21-23,26,33,35H,7-11,13-15,30H2,1-6H3,(H2,31,37,38);10,14-15,17,19-21,24,31,33H,7-9,11-13,28H2,1-6H3,(H,30,32);1-8,16H,9-11H2,(H,18,19)(H2,20,21,22)/b18-12+;16-10+;/t17?,19?,21-,22?,23?,26-,29+;15?,17?,19-,20?,21?,24-,27+;/m00./s1. The van der Waals surface area contributed by atoms with Crippen molar-refractivity contribution in [3.8, 4) is 11.1 Å². The Bertz CT molecular complexity index is 3660. The van der Waals surface area contributed by atoms with Crippen LogP contribution in [0.5, 0.6) is 0 Å². The summed E-state index contributed by atoms with van der Waals surface area (Å²) in [5.74, 6) is -3.07. The number of nitrogens with two attached hydrogens (primary N) is 2. The molecule has 566 valence electrons. The number of nitrogens with zero attached hydrogens (tertiary/aromatic N) is 2. The van der Waals surface area contributed by atoms with Crippen LogP contribution in [0.3, 0.4) is 0 Å². The number of thiazole rings is 2. The van der Waals surface area contributed by atoms with E-state index in [0.717, 1.165) is 82.6 Å². The summed E-state index contributed by atoms with van der Waals surface area (Å²) in [5.41, 5.74) is 15.6. The second-order valence-electron chi connectivity index (χ2n) is 29.8. The summed E-state index contributed by atoms with van der Waals surface area (Å²) < 4.78 is 46.1. The average molecular weight is 1500 g/mol. The van der Waals surface area contributed by atoms with Crippen LogP contribution in [0.2, 0.25) is 0 Å². The van der Waals surface area contributed by atoms with Crippen molar-refractivity contribution in [2.24, 2.45) is 46.0 Å². The van der Waals surface area contributed by atoms with E-state index < -0.39 is 86.5 Å². The SMILES string of the molecule is C/C(=C\c1csc(CN)n1)[C@@H]1CC2O[C@]2(C)CCCC(C)[C@H](O)C(C)C(=O)C(C)(C)C(O)CC(=O)N1.C/C(=C\c1csc(CNP(=O)(O)CCN)n1)[C@@H]1CC2O[C@]2(C)CCCC(C)[C@H](O)C(C)C(=O)C(C)(C)C(O)CC(=O)O1.O=C(NCCP(=O)(O)O)OCC1c2ccccc2-c2ccccc21. The Balaban J connectivity index is 0.000000222. The second-order valence-corrected chi connectivity index (χ2v) is 35.6. The molecule has 9 unspecified atom stereocenters. The van der Waals surface area contributed by atoms with Crippen molar-refractivity contribution in [3.05, 3.63) is 103 Å². The van der Waals surface area contributed by atoms with E-state index in [0.29, 0.717) is 30.1 Å². The number of hydrogen-bond donors (Lipinski definition) is 12. The Hall–Kier alpha value is -5.29. The van der Waals surface area contributed by atoms with Crippen LogP contribution in [-0.2, 0) is 60.3 Å². The van der Waals surface area contributed by atoms with Gasteiger partial charge in [-0.15, -0.1) is 22.7 Å². The van der Waals surface area contributed by atoms with E-state index in [9.17, 15) is 58.4 Å². The first-order valence-corrected chi connectivity index (χ1v) is 40.6. The number of aromatic nitrogens is 2. The number of nitrogens with one attached hydrogen (secondary N) is 3. The molecule has 25 nitrogen and oxygen atoms in total. The van der Waals surface area contributed by atoms with Crippen molar-refractivity contribution < 1.29 is 87.2 Å². The zero-order chi connectivity index (χ0) is 75.5. The van der Waals surface area contributed by atoms with Crippen molar-refractivity contribution in [3.63, 3.8) is 0 Å². The first-order chi connectivity index (χ1) is 47.7. The number of carbonyl (C=O) groups excluding carboxylic acids is 5. The highest BCUT2D eigenvalue weighted by Gasteiger charge is 2.54. The van der Waals surface area contributed by atoms with Crippen LogP contribution in [-0.4, -0.2) is 167 Å². The van der Waals surface area contributed by atoms with Crippen molar-refractivity contribution in [1.82, 2.24) is 25.7 Å². The third-order valence-corrected chi connectivity index (χ3v) is 25.0. The van der Waals surface area contributed by atoms with Gasteiger partial charge in [-0.05, 0) is 111 Å². The fourth-order valence-corrected chi connectivity index (χ4v) is 16.5. The highest BCUT2D eigenvalue weighted by atomic mass is 32.1. The van der Waals surface area contributed by atoms with Crippen LogP contribution in [0.1, 0.15) is 186 Å². The number of aliphatic hydroxyl groups is 4. The predicted octanol–water partition coefficient (Wildman–Crippen LogP) is 9.31. The molecule has 4 saturated heterocycles. The summed E-state index contributed by atoms with van der Waals surface area (Å²) in [5, 5.41) is 56.9. The Morgan fingerprint density at radius 1 is 0.706 bits per heavy atom. The summed E-state index contributed by atoms with van der Waals surface area (Å²) in [6.45, 7) is 22.3. The lowest BCUT2D eigenvalue weighted by atomic mass is 9.72. The third kappa shape index (κ3) is 22.9. The summed E-state index contributed by atoms with van der Waals surface area (Å²) >= 11 is 2.83. The molecule has 0 spiro atoms. The lowest BCUT2D eigenvalue weighted by Gasteiger charge is -2.34. The molecular weight excluding hydrogens is 1390 g/mol. The molecule has 4 aliphatic heterocycles. The minimum atomic E-state index is -4.12. The van der Waals surface area contributed by atoms with Gasteiger partial charge in [-0.1, -0.05) is 117 Å². The average Bonchev–Trinajstić information content (AvgIpc) is 1.62. The van der Waals surface area contributed by atoms with E-state index in [4.69, 9.17) is 40.2 Å². The minimum absolute atomic E-state index is 0.00353. The van der Waals surface area contributed by atoms with Gasteiger partial charge in [0.05, 0.1) is 108 Å². The van der Waals surface area contributed by atoms with E-state index in [2.05, 4.69) is 32.6 Å². The Morgan fingerprint density at radius 2 is 1.20 bits per heavy atom. The van der Waals surface area contributed by atoms with Crippen molar-refractivity contribution in [2.45, 2.75) is 226 Å². The molecule has 4 aromatic rings. The number of esters is 1. The van der Waals surface area contributed by atoms with Crippen molar-refractivity contribution in [1.29, 1.82) is 0 Å². The van der Waals surface area contributed by atoms with Gasteiger partial charge < -0.3 is 76.2 Å². The van der Waals surface area contributed by atoms with Gasteiger partial charge in [-0.2, -0.15) is 0 Å². The molecule has 2 aromatic heterocycles. The van der Waals surface area contributed by atoms with Crippen LogP contribution in [0.15, 0.2) is 70.4 Å². The first kappa shape index (κ1) is 84.0. The van der Waals surface area contributed by atoms with E-state index in [1.807, 2.05) is 106 Å². The molecule has 0 radical (unpaired) electrons. The molecule has 0 bridgehead atoms. The zero-order valence-electron chi connectivity index (χ0n) is 60.8. The minimum Gasteiger partial charge on any atom is -0.458 e. The van der Waals surface area contributed by atoms with Gasteiger partial charge in [-0.25, -0.2) is 19.8 Å². The Kier molecular flexibility index (Phi) is 29.5. The van der Waals surface area contributed by atoms with Gasteiger partial charge in [0.1, 0.15) is 34.3 Å². The summed E-state index contributed by atoms with van der Waals surface area (Å²) in [6, 6.07) is 15.7. The zero-order valence-corrected chi connectivity index (χ0v) is 64.3. The fourth-order valence-electron chi connectivity index (χ4n) is 13.7. The number of alkyl carbamates (subject to hydrolysis) is 1. The molecule has 5 aliphatic rings. The fraction of sp³-hybridized carbons (Fsp3) is 0.630. The van der Waals surface area contributed by atoms with Gasteiger partial charge in [0.15, 0.2) is 0 Å². The second kappa shape index (κ2) is 35.9. The maximum Gasteiger partial charge on any atom is 0.407 e. The number of Topliss-reactive ketones (excluding diaryl/α,β-unsaturated/α-hetero) is 2. The number of amides is 2. The molecule has 2 amide bonds. The van der Waals surface area contributed by atoms with E-state index in [1.165, 1.54) is 22.7 Å². The number of rotatable bonds is 15. The van der Waals surface area contributed by atoms with Crippen LogP contribution in [0.25, 0.3) is 23.3 Å². The Labute approximate surface area is 607 Å². The van der Waals surface area contributed by atoms with Crippen LogP contribution in [0.4, 0.5) is 4.79 Å². The van der Waals surface area contributed by atoms with Crippen LogP contribution in [0, 0.1) is 34.5 Å². The molecule has 14 N–H and O–H groups in total. The van der Waals surface area contributed by atoms with E-state index in [-0.39, 0.29) is 110 Å². The molecule has 1 aliphatic carbocycles. The first-order valence-electron chi connectivity index (χ1n) is 35.2. The monoisotopic (exact) mass is 1500 g/mol. The lowest BCUT2D eigenvalue weighted by molar-refractivity contribution is -0.154. The quantitative estimate of drug-likeness (QED) is 0.0299. The highest BCUT2D eigenvalue weighted by Crippen LogP contribution is 2.48. The maximum atomic E-state index is 13.3. The molecule has 102 heavy (non-hydrogen) atoms. The van der Waals surface area contributed by atoms with Crippen molar-refractivity contribution in [2.75, 3.05) is 32.0 Å². The molecule has 4 fully saturated rings. The third-order valence-electron chi connectivity index (χ3n) is 21.0. The largest absolute Gasteiger partial charge is 0.458 e. The number of aliphatic hydroxyl groups excluding tert-OH is 4. The molecule has 15 atom stereocenters. The van der Waals surface area contributed by atoms with Crippen LogP contribution < -0.4 is 27.2 Å². The number of ketones is 2. The number of cyclic esters (lactones) is 1. The molecule has 6 heterocycles. The topological polar surface area (TPSA) is 419 Å². The van der Waals surface area contributed by atoms with Gasteiger partial charge in [-0.3, -0.25) is 28.3 Å².